The highest BCUT2D eigenvalue weighted by molar-refractivity contribution is 5.88. The van der Waals surface area contributed by atoms with E-state index in [1.807, 2.05) is 64.3 Å². The van der Waals surface area contributed by atoms with Gasteiger partial charge in [-0.3, -0.25) is 9.69 Å². The lowest BCUT2D eigenvalue weighted by Gasteiger charge is -2.46. The zero-order valence-corrected chi connectivity index (χ0v) is 30.7. The summed E-state index contributed by atoms with van der Waals surface area (Å²) < 4.78 is 18.8. The number of aryl methyl sites for hydroxylation is 1. The summed E-state index contributed by atoms with van der Waals surface area (Å²) in [6.45, 7) is 15.3. The number of nitrogens with zero attached hydrogens (tertiary/aromatic N) is 6. The molecule has 1 saturated carbocycles. The van der Waals surface area contributed by atoms with Crippen molar-refractivity contribution >= 4 is 35.2 Å². The van der Waals surface area contributed by atoms with Gasteiger partial charge in [-0.05, 0) is 102 Å². The van der Waals surface area contributed by atoms with Crippen molar-refractivity contribution in [2.75, 3.05) is 32.8 Å². The van der Waals surface area contributed by atoms with Crippen molar-refractivity contribution in [1.29, 1.82) is 0 Å². The van der Waals surface area contributed by atoms with Gasteiger partial charge >= 0.3 is 18.2 Å². The van der Waals surface area contributed by atoms with Crippen LogP contribution in [0.5, 0.6) is 0 Å². The molecule has 13 nitrogen and oxygen atoms in total. The van der Waals surface area contributed by atoms with Crippen molar-refractivity contribution in [3.63, 3.8) is 0 Å². The minimum Gasteiger partial charge on any atom is -0.444 e. The van der Waals surface area contributed by atoms with Gasteiger partial charge in [0.25, 0.3) is 0 Å². The second-order valence-electron chi connectivity index (χ2n) is 16.3. The normalized spacial score (nSPS) is 22.3. The van der Waals surface area contributed by atoms with E-state index in [1.165, 1.54) is 4.57 Å². The zero-order valence-electron chi connectivity index (χ0n) is 30.7. The molecule has 0 N–H and O–H groups in total. The smallest absolute Gasteiger partial charge is 0.420 e. The Hall–Kier alpha value is -4.52. The number of ether oxygens (including phenoxy) is 3. The third-order valence-electron chi connectivity index (χ3n) is 10.2. The van der Waals surface area contributed by atoms with Crippen LogP contribution in [0.15, 0.2) is 24.5 Å². The van der Waals surface area contributed by atoms with Gasteiger partial charge < -0.3 is 24.0 Å². The molecular formula is C38H48N6O7. The molecule has 0 spiro atoms. The first-order chi connectivity index (χ1) is 24.1. The average molecular weight is 701 g/mol. The number of fused-ring (bicyclic) bond motifs is 5. The summed E-state index contributed by atoms with van der Waals surface area (Å²) >= 11 is 0. The van der Waals surface area contributed by atoms with Crippen LogP contribution >= 0.6 is 0 Å². The molecule has 13 heteroatoms. The first-order valence-electron chi connectivity index (χ1n) is 18.0. The van der Waals surface area contributed by atoms with Gasteiger partial charge in [0.1, 0.15) is 22.5 Å². The van der Waals surface area contributed by atoms with Gasteiger partial charge in [-0.25, -0.2) is 28.9 Å². The van der Waals surface area contributed by atoms with Gasteiger partial charge in [0.05, 0.1) is 31.1 Å². The quantitative estimate of drug-likeness (QED) is 0.314. The number of Topliss-reactive ketones (excluding diaryl/α,β-unsaturated/α-hetero) is 1. The van der Waals surface area contributed by atoms with Crippen LogP contribution in [0.1, 0.15) is 89.1 Å². The number of hydrogen-bond donors (Lipinski definition) is 0. The molecule has 2 aromatic heterocycles. The van der Waals surface area contributed by atoms with E-state index in [0.29, 0.717) is 62.5 Å². The lowest BCUT2D eigenvalue weighted by Crippen LogP contribution is -2.58. The Kier molecular flexibility index (Phi) is 8.84. The number of aromatic nitrogens is 3. The maximum atomic E-state index is 14.0. The molecule has 0 radical (unpaired) electrons. The molecular weight excluding hydrogens is 652 g/mol. The van der Waals surface area contributed by atoms with Crippen molar-refractivity contribution in [3.05, 3.63) is 46.8 Å². The highest BCUT2D eigenvalue weighted by Crippen LogP contribution is 2.39. The summed E-state index contributed by atoms with van der Waals surface area (Å²) in [6.07, 6.45) is 5.15. The Morgan fingerprint density at radius 2 is 1.71 bits per heavy atom. The van der Waals surface area contributed by atoms with E-state index in [1.54, 1.807) is 17.3 Å². The van der Waals surface area contributed by atoms with Gasteiger partial charge in [-0.15, -0.1) is 0 Å². The van der Waals surface area contributed by atoms with Crippen molar-refractivity contribution in [2.24, 2.45) is 5.92 Å². The molecule has 3 aromatic rings. The molecule has 4 fully saturated rings. The first-order valence-corrected chi connectivity index (χ1v) is 18.0. The van der Waals surface area contributed by atoms with Gasteiger partial charge in [0.2, 0.25) is 0 Å². The summed E-state index contributed by atoms with van der Waals surface area (Å²) in [5.41, 5.74) is 4.74. The molecule has 1 aromatic carbocycles. The molecule has 2 bridgehead atoms. The number of piperidine rings is 2. The zero-order chi connectivity index (χ0) is 36.4. The third-order valence-corrected chi connectivity index (χ3v) is 10.2. The fourth-order valence-electron chi connectivity index (χ4n) is 7.75. The van der Waals surface area contributed by atoms with Crippen LogP contribution in [-0.4, -0.2) is 103 Å². The number of benzene rings is 1. The Balaban J connectivity index is 1.27. The van der Waals surface area contributed by atoms with Crippen LogP contribution in [0.25, 0.3) is 22.4 Å². The lowest BCUT2D eigenvalue weighted by molar-refractivity contribution is -0.131. The van der Waals surface area contributed by atoms with Crippen LogP contribution in [-0.2, 0) is 32.0 Å². The molecule has 2 unspecified atom stereocenters. The summed E-state index contributed by atoms with van der Waals surface area (Å²) in [6, 6.07) is 3.58. The van der Waals surface area contributed by atoms with E-state index >= 15 is 0 Å². The topological polar surface area (TPSA) is 136 Å². The molecule has 6 heterocycles. The Bertz CT molecular complexity index is 1910. The SMILES string of the molecule is Cc1cn(C(=O)OC(C)(C)C)c2ncc(-c3cc4c(c([C@@H]5COCCN5C(=O)OC(C)(C)C)c3)CN(C(=O)N3CC5CCC3CC5=O)CC4)nc12. The summed E-state index contributed by atoms with van der Waals surface area (Å²) in [5, 5.41) is 0. The molecule has 5 aliphatic rings. The fourth-order valence-corrected chi connectivity index (χ4v) is 7.75. The van der Waals surface area contributed by atoms with Crippen LogP contribution in [0.2, 0.25) is 0 Å². The van der Waals surface area contributed by atoms with Crippen LogP contribution in [0, 0.1) is 12.8 Å². The fraction of sp³-hybridized carbons (Fsp3) is 0.579. The first kappa shape index (κ1) is 34.9. The highest BCUT2D eigenvalue weighted by Gasteiger charge is 2.43. The number of urea groups is 1. The Morgan fingerprint density at radius 1 is 0.961 bits per heavy atom. The van der Waals surface area contributed by atoms with E-state index in [0.717, 1.165) is 40.7 Å². The molecule has 8 rings (SSSR count). The Labute approximate surface area is 298 Å². The van der Waals surface area contributed by atoms with E-state index in [2.05, 4.69) is 11.1 Å². The molecule has 3 atom stereocenters. The number of ketones is 1. The standard InChI is InChI=1S/C38H48N6O7/c1-22-18-44(36(48)51-38(5,6)7)33-32(22)40-29(17-39-33)25-14-23-10-11-41(34(46)43-19-24-8-9-26(43)16-31(24)45)20-28(23)27(15-25)30-21-49-13-12-42(30)35(47)50-37(2,3)4/h14-15,17-18,24,26,30H,8-13,16,19-21H2,1-7H3/t24?,26?,30-/m0/s1. The lowest BCUT2D eigenvalue weighted by atomic mass is 9.79. The van der Waals surface area contributed by atoms with Crippen molar-refractivity contribution < 1.29 is 33.4 Å². The molecule has 4 aliphatic heterocycles. The number of hydrogen-bond acceptors (Lipinski definition) is 9. The van der Waals surface area contributed by atoms with Gasteiger partial charge in [-0.2, -0.15) is 0 Å². The summed E-state index contributed by atoms with van der Waals surface area (Å²) in [5.74, 6) is 0.200. The maximum absolute atomic E-state index is 14.0. The average Bonchev–Trinajstić information content (AvgIpc) is 3.41. The Morgan fingerprint density at radius 3 is 2.39 bits per heavy atom. The summed E-state index contributed by atoms with van der Waals surface area (Å²) in [4.78, 5) is 68.3. The van der Waals surface area contributed by atoms with Crippen molar-refractivity contribution in [3.8, 4) is 11.3 Å². The number of rotatable bonds is 2. The van der Waals surface area contributed by atoms with E-state index < -0.39 is 29.4 Å². The third kappa shape index (κ3) is 6.92. The molecule has 3 saturated heterocycles. The predicted octanol–water partition coefficient (Wildman–Crippen LogP) is 6.03. The minimum atomic E-state index is -0.682. The second-order valence-corrected chi connectivity index (χ2v) is 16.3. The minimum absolute atomic E-state index is 0.0388. The number of carbonyl (C=O) groups excluding carboxylic acids is 4. The van der Waals surface area contributed by atoms with E-state index in [4.69, 9.17) is 19.2 Å². The number of carbonyl (C=O) groups is 4. The van der Waals surface area contributed by atoms with Crippen molar-refractivity contribution in [2.45, 2.75) is 104 Å². The highest BCUT2D eigenvalue weighted by atomic mass is 16.6. The summed E-state index contributed by atoms with van der Waals surface area (Å²) in [7, 11) is 0. The number of amides is 3. The molecule has 51 heavy (non-hydrogen) atoms. The molecule has 3 amide bonds. The van der Waals surface area contributed by atoms with Gasteiger partial charge in [-0.1, -0.05) is 0 Å². The van der Waals surface area contributed by atoms with Gasteiger partial charge in [0.15, 0.2) is 5.65 Å². The van der Waals surface area contributed by atoms with E-state index in [-0.39, 0.29) is 30.4 Å². The monoisotopic (exact) mass is 700 g/mol. The van der Waals surface area contributed by atoms with Crippen LogP contribution in [0.4, 0.5) is 14.4 Å². The number of morpholine rings is 1. The second kappa shape index (κ2) is 12.9. The van der Waals surface area contributed by atoms with Crippen LogP contribution in [0.3, 0.4) is 0 Å². The largest absolute Gasteiger partial charge is 0.444 e. The van der Waals surface area contributed by atoms with E-state index in [9.17, 15) is 19.2 Å². The maximum Gasteiger partial charge on any atom is 0.420 e. The predicted molar refractivity (Wildman–Crippen MR) is 188 cm³/mol. The van der Waals surface area contributed by atoms with Crippen LogP contribution < -0.4 is 0 Å². The van der Waals surface area contributed by atoms with Crippen molar-refractivity contribution in [1.82, 2.24) is 29.2 Å². The molecule has 1 aliphatic carbocycles. The van der Waals surface area contributed by atoms with Gasteiger partial charge in [0, 0.05) is 56.3 Å². The molecule has 272 valence electrons.